The highest BCUT2D eigenvalue weighted by molar-refractivity contribution is 9.11. The van der Waals surface area contributed by atoms with Crippen molar-refractivity contribution in [2.75, 3.05) is 24.2 Å². The molecule has 4 N–H and O–H groups in total. The van der Waals surface area contributed by atoms with Crippen molar-refractivity contribution < 1.29 is 112 Å². The molecule has 0 bridgehead atoms. The lowest BCUT2D eigenvalue weighted by molar-refractivity contribution is -0.254. The first-order chi connectivity index (χ1) is 53.8. The molecule has 51 heteroatoms. The number of nitrogens with two attached hydrogens (primary N) is 1. The van der Waals surface area contributed by atoms with Gasteiger partial charge in [0.15, 0.2) is 69.0 Å². The van der Waals surface area contributed by atoms with Gasteiger partial charge in [0.05, 0.1) is 38.9 Å². The number of halogens is 22. The first-order valence-electron chi connectivity index (χ1n) is 30.5. The minimum atomic E-state index is -4.92. The second-order valence-corrected chi connectivity index (χ2v) is 28.5. The van der Waals surface area contributed by atoms with E-state index in [0.29, 0.717) is 50.2 Å². The summed E-state index contributed by atoms with van der Waals surface area (Å²) < 4.78 is 238. The minimum Gasteiger partial charge on any atom is -0.493 e. The summed E-state index contributed by atoms with van der Waals surface area (Å²) in [6.07, 6.45) is -13.1. The van der Waals surface area contributed by atoms with Crippen LogP contribution in [0.5, 0.6) is 0 Å². The van der Waals surface area contributed by atoms with E-state index in [1.54, 1.807) is 37.4 Å². The Balaban J connectivity index is 0.000000192. The molecule has 0 amide bonds. The van der Waals surface area contributed by atoms with E-state index in [9.17, 15) is 85.3 Å². The van der Waals surface area contributed by atoms with Gasteiger partial charge in [-0.2, -0.15) is 90.9 Å². The van der Waals surface area contributed by atoms with Gasteiger partial charge in [-0.3, -0.25) is 4.79 Å². The maximum atomic E-state index is 13.3. The normalized spacial score (nSPS) is 13.5. The topological polar surface area (TPSA) is 349 Å². The molecule has 0 aliphatic carbocycles. The standard InChI is InChI=1S/C13H9BrF3N3O2.C13H7BrF3N3O.C12H7BrF3N5O2.C12H9BrF3N3O2.C9H7F3O3.C5H6BrN3.Cl2OS/c14-8-3-4-11(18-7-8)20-12(21,13(15,16)17)6-9(19-20)10-2-1-5-22-10;14-8-3-4-12(18-7-8)20-11(13(15,16)17)6-9(19-20)10-2-1-5-21-10;1-20-11(22)23-10(19-20)7-4-8(12(14,15)16)21(18-7)9-3-2-6(13)5-17-9;1-2-21-11(20)8-5-9(12(14,15)16)19(18-8)10-4-3-7(13)6-17-10;1-14-7(6-3-2-4-15-6)5-8(13)9(10,11)12;6-4-1-2-5(9-7)8-3-4;1-4(2)3/h1-5,7,21H,6H2;1-7H;2-5H,1H3;3-6H,2H2,1H3;2-5H,1H3;1-3H,7H2,(H,8,9);. The maximum absolute atomic E-state index is 13.3. The van der Waals surface area contributed by atoms with Crippen LogP contribution in [0, 0.1) is 0 Å². The Morgan fingerprint density at radius 1 is 0.609 bits per heavy atom. The quantitative estimate of drug-likeness (QED) is 0.0184. The SMILES string of the molecule is CCOC(=O)c1cc(C(F)(F)F)n(-c2ccc(Br)cn2)n1.COC(=CC(=O)C(F)(F)F)c1ccco1.Cn1nc(-c2cc(C(F)(F)F)n(-c3ccc(Br)cn3)n2)oc1=O.FC(F)(F)c1cc(-c2ccco2)nn1-c1ccc(Br)cn1.NNc1ccc(Br)cn1.O=S(Cl)Cl.OC1(C(F)(F)F)CC(c2ccco2)=NN1c1ccc(Br)cn1. The van der Waals surface area contributed by atoms with Crippen LogP contribution in [-0.2, 0) is 49.1 Å². The number of nitrogens with one attached hydrogen (secondary N) is 1. The first kappa shape index (κ1) is 92.3. The van der Waals surface area contributed by atoms with Gasteiger partial charge in [0.1, 0.15) is 23.0 Å². The molecule has 1 unspecified atom stereocenters. The number of hydrazine groups is 1. The Labute approximate surface area is 687 Å². The van der Waals surface area contributed by atoms with Crippen LogP contribution in [-0.4, -0.2) is 123 Å². The van der Waals surface area contributed by atoms with Gasteiger partial charge in [-0.1, -0.05) is 0 Å². The predicted octanol–water partition coefficient (Wildman–Crippen LogP) is 17.8. The average molecular weight is 2020 g/mol. The highest BCUT2D eigenvalue weighted by atomic mass is 79.9. The molecule has 0 fully saturated rings. The van der Waals surface area contributed by atoms with E-state index < -0.39 is 92.5 Å². The zero-order valence-electron chi connectivity index (χ0n) is 57.1. The lowest BCUT2D eigenvalue weighted by Crippen LogP contribution is -2.55. The fourth-order valence-corrected chi connectivity index (χ4v) is 9.72. The number of methoxy groups -OCH3 is 1. The fraction of sp³-hybridized carbons (Fsp3) is 0.172. The summed E-state index contributed by atoms with van der Waals surface area (Å²) in [5, 5.41) is 29.6. The Kier molecular flexibility index (Phi) is 32.2. The monoisotopic (exact) mass is 2010 g/mol. The maximum Gasteiger partial charge on any atom is 0.454 e. The molecular formula is C64H45Br5Cl2F15N17O11S. The number of allylic oxidation sites excluding steroid dienone is 1. The molecule has 12 aromatic rings. The van der Waals surface area contributed by atoms with Gasteiger partial charge < -0.3 is 37.7 Å². The van der Waals surface area contributed by atoms with Crippen molar-refractivity contribution in [2.45, 2.75) is 50.0 Å². The molecule has 12 aromatic heterocycles. The number of nitrogens with zero attached hydrogens (tertiary/aromatic N) is 15. The number of hydrogen-bond donors (Lipinski definition) is 3. The van der Waals surface area contributed by atoms with E-state index in [1.165, 1.54) is 117 Å². The van der Waals surface area contributed by atoms with Crippen LogP contribution in [0.2, 0.25) is 0 Å². The molecule has 0 saturated carbocycles. The van der Waals surface area contributed by atoms with Crippen LogP contribution in [0.15, 0.2) is 221 Å². The molecule has 612 valence electrons. The zero-order valence-corrected chi connectivity index (χ0v) is 67.4. The summed E-state index contributed by atoms with van der Waals surface area (Å²) >= 11 is 15.9. The van der Waals surface area contributed by atoms with Crippen LogP contribution in [0.25, 0.3) is 46.3 Å². The predicted molar refractivity (Wildman–Crippen MR) is 396 cm³/mol. The molecule has 0 radical (unpaired) electrons. The summed E-state index contributed by atoms with van der Waals surface area (Å²) in [5.74, 6) is 1.81. The van der Waals surface area contributed by atoms with Crippen LogP contribution in [0.4, 0.5) is 77.5 Å². The number of ether oxygens (including phenoxy) is 2. The average Bonchev–Trinajstić information content (AvgIpc) is 1.61. The van der Waals surface area contributed by atoms with Gasteiger partial charge >= 0.3 is 42.6 Å². The summed E-state index contributed by atoms with van der Waals surface area (Å²) in [6.45, 7) is 1.60. The Hall–Kier alpha value is -9.89. The first-order valence-corrected chi connectivity index (χ1v) is 37.3. The third-order valence-electron chi connectivity index (χ3n) is 13.5. The number of pyridine rings is 5. The summed E-state index contributed by atoms with van der Waals surface area (Å²) in [7, 11) is 9.82. The van der Waals surface area contributed by atoms with E-state index >= 15 is 0 Å². The van der Waals surface area contributed by atoms with Gasteiger partial charge in [0.2, 0.25) is 9.23 Å². The van der Waals surface area contributed by atoms with Gasteiger partial charge in [-0.05, 0) is 184 Å². The van der Waals surface area contributed by atoms with Crippen molar-refractivity contribution in [3.63, 3.8) is 0 Å². The Morgan fingerprint density at radius 3 is 1.41 bits per heavy atom. The second kappa shape index (κ2) is 40.1. The molecular weight excluding hydrogens is 1970 g/mol. The summed E-state index contributed by atoms with van der Waals surface area (Å²) in [6, 6.07) is 26.6. The van der Waals surface area contributed by atoms with Crippen molar-refractivity contribution >= 4 is 145 Å². The third-order valence-corrected chi connectivity index (χ3v) is 15.9. The van der Waals surface area contributed by atoms with Crippen molar-refractivity contribution in [3.8, 4) is 40.5 Å². The van der Waals surface area contributed by atoms with Crippen LogP contribution >= 0.6 is 101 Å². The van der Waals surface area contributed by atoms with Crippen molar-refractivity contribution in [2.24, 2.45) is 18.0 Å². The van der Waals surface area contributed by atoms with Crippen molar-refractivity contribution in [1.29, 1.82) is 0 Å². The molecule has 1 aliphatic rings. The van der Waals surface area contributed by atoms with Gasteiger partial charge in [-0.15, -0.1) is 5.10 Å². The van der Waals surface area contributed by atoms with Crippen LogP contribution < -0.4 is 22.0 Å². The number of hydrazone groups is 1. The van der Waals surface area contributed by atoms with E-state index in [0.717, 1.165) is 33.1 Å². The zero-order chi connectivity index (χ0) is 85.1. The number of alkyl halides is 15. The Morgan fingerprint density at radius 2 is 1.03 bits per heavy atom. The van der Waals surface area contributed by atoms with Crippen molar-refractivity contribution in [3.05, 3.63) is 238 Å². The number of aliphatic hydroxyl groups is 1. The Bertz CT molecular complexity index is 5310. The number of carbonyl (C=O) groups is 2. The largest absolute Gasteiger partial charge is 0.493 e. The molecule has 1 aliphatic heterocycles. The number of anilines is 2. The molecule has 13 heterocycles. The van der Waals surface area contributed by atoms with Crippen LogP contribution in [0.3, 0.4) is 0 Å². The molecule has 13 rings (SSSR count). The number of rotatable bonds is 13. The molecule has 0 aromatic carbocycles. The van der Waals surface area contributed by atoms with E-state index in [4.69, 9.17) is 27.7 Å². The molecule has 1 atom stereocenters. The van der Waals surface area contributed by atoms with Crippen LogP contribution in [0.1, 0.15) is 52.4 Å². The summed E-state index contributed by atoms with van der Waals surface area (Å²) in [4.78, 5) is 52.9. The lowest BCUT2D eigenvalue weighted by Gasteiger charge is -2.33. The molecule has 115 heavy (non-hydrogen) atoms. The van der Waals surface area contributed by atoms with E-state index in [-0.39, 0.29) is 75.9 Å². The third kappa shape index (κ3) is 26.1. The number of aryl methyl sites for hydroxylation is 1. The van der Waals surface area contributed by atoms with Gasteiger partial charge in [0, 0.05) is 106 Å². The number of esters is 1. The number of aromatic nitrogens is 13. The second-order valence-electron chi connectivity index (χ2n) is 21.4. The number of nitrogen functional groups attached to an aromatic ring is 1. The molecule has 0 spiro atoms. The highest BCUT2D eigenvalue weighted by Crippen LogP contribution is 2.44. The fourth-order valence-electron chi connectivity index (χ4n) is 8.55. The van der Waals surface area contributed by atoms with Gasteiger partial charge in [-0.25, -0.2) is 63.6 Å². The smallest absolute Gasteiger partial charge is 0.454 e. The van der Waals surface area contributed by atoms with Gasteiger partial charge in [0.25, 0.3) is 17.4 Å². The molecule has 28 nitrogen and oxygen atoms in total. The summed E-state index contributed by atoms with van der Waals surface area (Å²) in [5.41, 5.74) is -4.37. The number of carbonyl (C=O) groups excluding carboxylic acids is 2. The lowest BCUT2D eigenvalue weighted by atomic mass is 10.1. The van der Waals surface area contributed by atoms with E-state index in [1.807, 2.05) is 6.07 Å². The number of ketones is 1. The van der Waals surface area contributed by atoms with Crippen molar-refractivity contribution in [1.82, 2.24) is 64.0 Å². The molecule has 0 saturated heterocycles. The van der Waals surface area contributed by atoms with E-state index in [2.05, 4.69) is 166 Å². The number of hydrogen-bond acceptors (Lipinski definition) is 24. The highest BCUT2D eigenvalue weighted by Gasteiger charge is 2.62. The number of furan rings is 3. The minimum absolute atomic E-state index is 0.00505.